The lowest BCUT2D eigenvalue weighted by atomic mass is 9.96. The third kappa shape index (κ3) is 5.38. The molecule has 1 saturated heterocycles. The van der Waals surface area contributed by atoms with Crippen LogP contribution in [0.1, 0.15) is 30.3 Å². The van der Waals surface area contributed by atoms with Crippen LogP contribution < -0.4 is 5.32 Å². The van der Waals surface area contributed by atoms with Gasteiger partial charge < -0.3 is 5.32 Å². The summed E-state index contributed by atoms with van der Waals surface area (Å²) in [5.74, 6) is 1.35. The minimum absolute atomic E-state index is 0.201. The van der Waals surface area contributed by atoms with Gasteiger partial charge in [0.25, 0.3) is 0 Å². The molecule has 1 N–H and O–H groups in total. The summed E-state index contributed by atoms with van der Waals surface area (Å²) >= 11 is 0. The van der Waals surface area contributed by atoms with Gasteiger partial charge in [-0.1, -0.05) is 12.1 Å². The fourth-order valence-electron chi connectivity index (χ4n) is 4.22. The molecule has 166 valence electrons. The summed E-state index contributed by atoms with van der Waals surface area (Å²) in [6.45, 7) is 2.71. The smallest absolute Gasteiger partial charge is 0.135 e. The highest BCUT2D eigenvalue weighted by Crippen LogP contribution is 2.29. The molecule has 5 rings (SSSR count). The van der Waals surface area contributed by atoms with Crippen molar-refractivity contribution in [3.63, 3.8) is 0 Å². The van der Waals surface area contributed by atoms with Crippen molar-refractivity contribution in [1.29, 1.82) is 0 Å². The van der Waals surface area contributed by atoms with E-state index in [4.69, 9.17) is 9.97 Å². The number of rotatable bonds is 6. The summed E-state index contributed by atoms with van der Waals surface area (Å²) < 4.78 is 13.7. The van der Waals surface area contributed by atoms with Crippen molar-refractivity contribution in [3.8, 4) is 11.3 Å². The Labute approximate surface area is 192 Å². The van der Waals surface area contributed by atoms with Crippen molar-refractivity contribution < 1.29 is 4.39 Å². The highest BCUT2D eigenvalue weighted by atomic mass is 19.1. The number of likely N-dealkylation sites (tertiary alicyclic amines) is 1. The summed E-state index contributed by atoms with van der Waals surface area (Å²) in [6, 6.07) is 18.2. The van der Waals surface area contributed by atoms with Crippen LogP contribution in [0.5, 0.6) is 0 Å². The third-order valence-corrected chi connectivity index (χ3v) is 5.78. The Morgan fingerprint density at radius 3 is 2.79 bits per heavy atom. The van der Waals surface area contributed by atoms with Crippen LogP contribution in [0.3, 0.4) is 0 Å². The summed E-state index contributed by atoms with van der Waals surface area (Å²) in [7, 11) is 0. The summed E-state index contributed by atoms with van der Waals surface area (Å²) in [6.07, 6.45) is 7.47. The predicted octanol–water partition coefficient (Wildman–Crippen LogP) is 5.20. The van der Waals surface area contributed by atoms with E-state index in [1.54, 1.807) is 18.5 Å². The Balaban J connectivity index is 1.44. The van der Waals surface area contributed by atoms with Crippen LogP contribution in [0, 0.1) is 5.82 Å². The standard InChI is InChI=1S/C26H25FN6/c27-21-8-3-10-22(14-21)30-25-15-24(19-6-4-11-28-16-19)31-26(32-25)20-7-5-13-33(17-20)18-23-9-1-2-12-29-23/h1-4,6,8-12,14-16,20H,5,7,13,17-18H2,(H,30,31,32)/t20-/m1/s1. The molecule has 33 heavy (non-hydrogen) atoms. The van der Waals surface area contributed by atoms with E-state index >= 15 is 0 Å². The van der Waals surface area contributed by atoms with E-state index in [-0.39, 0.29) is 11.7 Å². The van der Waals surface area contributed by atoms with E-state index in [0.717, 1.165) is 55.3 Å². The van der Waals surface area contributed by atoms with Crippen LogP contribution in [-0.2, 0) is 6.54 Å². The summed E-state index contributed by atoms with van der Waals surface area (Å²) in [5, 5.41) is 3.25. The molecule has 6 nitrogen and oxygen atoms in total. The molecule has 0 amide bonds. The van der Waals surface area contributed by atoms with Gasteiger partial charge in [0.1, 0.15) is 17.5 Å². The van der Waals surface area contributed by atoms with Crippen LogP contribution in [-0.4, -0.2) is 37.9 Å². The Kier molecular flexibility index (Phi) is 6.30. The maximum Gasteiger partial charge on any atom is 0.135 e. The lowest BCUT2D eigenvalue weighted by molar-refractivity contribution is 0.194. The SMILES string of the molecule is Fc1cccc(Nc2cc(-c3cccnc3)nc([C@@H]3CCCN(Cc4ccccn4)C3)n2)c1. The van der Waals surface area contributed by atoms with Crippen LogP contribution >= 0.6 is 0 Å². The van der Waals surface area contributed by atoms with Gasteiger partial charge in [0, 0.05) is 54.9 Å². The second kappa shape index (κ2) is 9.83. The van der Waals surface area contributed by atoms with Crippen molar-refractivity contribution >= 4 is 11.5 Å². The molecule has 7 heteroatoms. The molecule has 0 saturated carbocycles. The Morgan fingerprint density at radius 2 is 1.97 bits per heavy atom. The van der Waals surface area contributed by atoms with Crippen LogP contribution in [0.15, 0.2) is 79.3 Å². The monoisotopic (exact) mass is 440 g/mol. The first-order valence-electron chi connectivity index (χ1n) is 11.2. The third-order valence-electron chi connectivity index (χ3n) is 5.78. The molecule has 0 spiro atoms. The van der Waals surface area contributed by atoms with Crippen molar-refractivity contribution in [1.82, 2.24) is 24.8 Å². The Morgan fingerprint density at radius 1 is 1.00 bits per heavy atom. The minimum atomic E-state index is -0.292. The van der Waals surface area contributed by atoms with E-state index in [1.165, 1.54) is 12.1 Å². The average molecular weight is 441 g/mol. The fourth-order valence-corrected chi connectivity index (χ4v) is 4.22. The number of anilines is 2. The van der Waals surface area contributed by atoms with Gasteiger partial charge in [-0.25, -0.2) is 14.4 Å². The first kappa shape index (κ1) is 21.2. The van der Waals surface area contributed by atoms with Gasteiger partial charge in [-0.05, 0) is 61.9 Å². The molecule has 1 aliphatic heterocycles. The van der Waals surface area contributed by atoms with Gasteiger partial charge in [-0.3, -0.25) is 14.9 Å². The van der Waals surface area contributed by atoms with Gasteiger partial charge in [-0.15, -0.1) is 0 Å². The molecule has 4 heterocycles. The average Bonchev–Trinajstić information content (AvgIpc) is 2.85. The van der Waals surface area contributed by atoms with Crippen molar-refractivity contribution in [2.75, 3.05) is 18.4 Å². The first-order chi connectivity index (χ1) is 16.2. The quantitative estimate of drug-likeness (QED) is 0.445. The largest absolute Gasteiger partial charge is 0.340 e. The molecule has 3 aromatic heterocycles. The first-order valence-corrected chi connectivity index (χ1v) is 11.2. The predicted molar refractivity (Wildman–Crippen MR) is 126 cm³/mol. The lowest BCUT2D eigenvalue weighted by Gasteiger charge is -2.32. The number of nitrogens with zero attached hydrogens (tertiary/aromatic N) is 5. The van der Waals surface area contributed by atoms with Crippen LogP contribution in [0.4, 0.5) is 15.9 Å². The molecule has 1 atom stereocenters. The van der Waals surface area contributed by atoms with Gasteiger partial charge in [0.2, 0.25) is 0 Å². The molecular formula is C26H25FN6. The number of benzene rings is 1. The number of aromatic nitrogens is 4. The zero-order valence-electron chi connectivity index (χ0n) is 18.2. The minimum Gasteiger partial charge on any atom is -0.340 e. The number of hydrogen-bond donors (Lipinski definition) is 1. The zero-order chi connectivity index (χ0) is 22.5. The van der Waals surface area contributed by atoms with Gasteiger partial charge >= 0.3 is 0 Å². The number of pyridine rings is 2. The van der Waals surface area contributed by atoms with E-state index < -0.39 is 0 Å². The molecule has 0 unspecified atom stereocenters. The topological polar surface area (TPSA) is 66.8 Å². The van der Waals surface area contributed by atoms with E-state index in [0.29, 0.717) is 11.5 Å². The second-order valence-electron chi connectivity index (χ2n) is 8.27. The molecule has 4 aromatic rings. The van der Waals surface area contributed by atoms with Gasteiger partial charge in [0.15, 0.2) is 0 Å². The molecule has 0 radical (unpaired) electrons. The Hall–Kier alpha value is -3.71. The highest BCUT2D eigenvalue weighted by Gasteiger charge is 2.25. The fraction of sp³-hybridized carbons (Fsp3) is 0.231. The molecular weight excluding hydrogens is 415 g/mol. The van der Waals surface area contributed by atoms with E-state index in [9.17, 15) is 4.39 Å². The number of piperidine rings is 1. The van der Waals surface area contributed by atoms with Crippen molar-refractivity contribution in [2.45, 2.75) is 25.3 Å². The molecule has 1 aromatic carbocycles. The van der Waals surface area contributed by atoms with Gasteiger partial charge in [0.05, 0.1) is 11.4 Å². The number of halogens is 1. The lowest BCUT2D eigenvalue weighted by Crippen LogP contribution is -2.34. The molecule has 0 bridgehead atoms. The number of hydrogen-bond acceptors (Lipinski definition) is 6. The number of nitrogens with one attached hydrogen (secondary N) is 1. The molecule has 1 aliphatic rings. The molecule has 0 aliphatic carbocycles. The summed E-state index contributed by atoms with van der Waals surface area (Å²) in [4.78, 5) is 20.9. The maximum atomic E-state index is 13.7. The van der Waals surface area contributed by atoms with Crippen molar-refractivity contribution in [3.05, 3.63) is 96.6 Å². The zero-order valence-corrected chi connectivity index (χ0v) is 18.2. The van der Waals surface area contributed by atoms with E-state index in [1.807, 2.05) is 42.6 Å². The van der Waals surface area contributed by atoms with Crippen molar-refractivity contribution in [2.24, 2.45) is 0 Å². The van der Waals surface area contributed by atoms with Crippen LogP contribution in [0.25, 0.3) is 11.3 Å². The second-order valence-corrected chi connectivity index (χ2v) is 8.27. The van der Waals surface area contributed by atoms with Gasteiger partial charge in [-0.2, -0.15) is 0 Å². The van der Waals surface area contributed by atoms with E-state index in [2.05, 4.69) is 26.3 Å². The normalized spacial score (nSPS) is 16.5. The Bertz CT molecular complexity index is 1200. The summed E-state index contributed by atoms with van der Waals surface area (Å²) in [5.41, 5.74) is 3.44. The maximum absolute atomic E-state index is 13.7. The molecule has 1 fully saturated rings. The highest BCUT2D eigenvalue weighted by molar-refractivity contribution is 5.65. The van der Waals surface area contributed by atoms with Crippen LogP contribution in [0.2, 0.25) is 0 Å².